The number of thioether (sulfide) groups is 2. The molecule has 1 aromatic rings. The van der Waals surface area contributed by atoms with Crippen molar-refractivity contribution in [2.75, 3.05) is 18.1 Å². The maximum Gasteiger partial charge on any atom is 0.0946 e. The van der Waals surface area contributed by atoms with Gasteiger partial charge in [0.05, 0.1) is 10.7 Å². The van der Waals surface area contributed by atoms with E-state index in [4.69, 9.17) is 4.98 Å². The van der Waals surface area contributed by atoms with Crippen LogP contribution in [0.4, 0.5) is 0 Å². The Kier molecular flexibility index (Phi) is 7.39. The maximum absolute atomic E-state index is 4.77. The number of nitrogens with zero attached hydrogens (tertiary/aromatic N) is 1. The summed E-state index contributed by atoms with van der Waals surface area (Å²) in [4.78, 5) is 6.14. The first-order valence-electron chi connectivity index (χ1n) is 8.05. The summed E-state index contributed by atoms with van der Waals surface area (Å²) in [5.41, 5.74) is 1.21. The molecule has 21 heavy (non-hydrogen) atoms. The second-order valence-electron chi connectivity index (χ2n) is 5.67. The Hall–Kier alpha value is 0.290. The third-order valence-electron chi connectivity index (χ3n) is 4.01. The Labute approximate surface area is 142 Å². The van der Waals surface area contributed by atoms with Gasteiger partial charge in [-0.2, -0.15) is 23.5 Å². The number of hydrogen-bond acceptors (Lipinski definition) is 5. The van der Waals surface area contributed by atoms with Gasteiger partial charge in [-0.25, -0.2) is 4.98 Å². The van der Waals surface area contributed by atoms with Crippen molar-refractivity contribution in [2.45, 2.75) is 63.5 Å². The Balaban J connectivity index is 2.08. The third kappa shape index (κ3) is 4.88. The first-order chi connectivity index (χ1) is 10.2. The summed E-state index contributed by atoms with van der Waals surface area (Å²) in [5.74, 6) is 2.61. The topological polar surface area (TPSA) is 24.9 Å². The van der Waals surface area contributed by atoms with E-state index in [-0.39, 0.29) is 0 Å². The maximum atomic E-state index is 4.77. The molecule has 0 aromatic carbocycles. The Morgan fingerprint density at radius 3 is 2.62 bits per heavy atom. The van der Waals surface area contributed by atoms with Gasteiger partial charge in [0, 0.05) is 39.3 Å². The Morgan fingerprint density at radius 2 is 2.00 bits per heavy atom. The van der Waals surface area contributed by atoms with Crippen LogP contribution in [0.3, 0.4) is 0 Å². The zero-order chi connectivity index (χ0) is 15.2. The van der Waals surface area contributed by atoms with Gasteiger partial charge in [-0.05, 0) is 33.2 Å². The van der Waals surface area contributed by atoms with Gasteiger partial charge in [0.2, 0.25) is 0 Å². The fourth-order valence-electron chi connectivity index (χ4n) is 2.76. The standard InChI is InChI=1S/C16H28N2S3/c1-5-7-17-13(10-15-18-11(3)12(4)21-15)16-14(6-2)19-8-9-20-16/h13-14,16-17H,5-10H2,1-4H3. The fraction of sp³-hybridized carbons (Fsp3) is 0.812. The summed E-state index contributed by atoms with van der Waals surface area (Å²) >= 11 is 6.23. The molecule has 1 saturated heterocycles. The van der Waals surface area contributed by atoms with Crippen molar-refractivity contribution in [1.82, 2.24) is 10.3 Å². The molecule has 1 fully saturated rings. The van der Waals surface area contributed by atoms with Crippen molar-refractivity contribution in [3.8, 4) is 0 Å². The van der Waals surface area contributed by atoms with Gasteiger partial charge in [0.25, 0.3) is 0 Å². The van der Waals surface area contributed by atoms with Crippen LogP contribution in [-0.2, 0) is 6.42 Å². The summed E-state index contributed by atoms with van der Waals surface area (Å²) in [5, 5.41) is 6.64. The van der Waals surface area contributed by atoms with Crippen LogP contribution in [0.2, 0.25) is 0 Å². The average molecular weight is 345 g/mol. The molecule has 1 aliphatic heterocycles. The van der Waals surface area contributed by atoms with E-state index < -0.39 is 0 Å². The molecule has 0 amide bonds. The van der Waals surface area contributed by atoms with E-state index in [2.05, 4.69) is 56.5 Å². The van der Waals surface area contributed by atoms with Crippen LogP contribution in [0, 0.1) is 13.8 Å². The smallest absolute Gasteiger partial charge is 0.0946 e. The first-order valence-corrected chi connectivity index (χ1v) is 11.0. The molecule has 2 nitrogen and oxygen atoms in total. The predicted octanol–water partition coefficient (Wildman–Crippen LogP) is 4.30. The Morgan fingerprint density at radius 1 is 1.24 bits per heavy atom. The number of thiazole rings is 1. The molecule has 1 aliphatic rings. The van der Waals surface area contributed by atoms with Gasteiger partial charge >= 0.3 is 0 Å². The lowest BCUT2D eigenvalue weighted by Crippen LogP contribution is -2.46. The summed E-state index contributed by atoms with van der Waals surface area (Å²) in [7, 11) is 0. The summed E-state index contributed by atoms with van der Waals surface area (Å²) in [6, 6.07) is 0.567. The zero-order valence-corrected chi connectivity index (χ0v) is 16.1. The van der Waals surface area contributed by atoms with Crippen molar-refractivity contribution in [2.24, 2.45) is 0 Å². The first kappa shape index (κ1) is 17.6. The van der Waals surface area contributed by atoms with Gasteiger partial charge in [-0.15, -0.1) is 11.3 Å². The molecule has 0 spiro atoms. The second kappa shape index (κ2) is 8.80. The van der Waals surface area contributed by atoms with Gasteiger partial charge in [-0.1, -0.05) is 13.8 Å². The molecule has 0 saturated carbocycles. The lowest BCUT2D eigenvalue weighted by molar-refractivity contribution is 0.476. The molecule has 3 unspecified atom stereocenters. The minimum absolute atomic E-state index is 0.567. The van der Waals surface area contributed by atoms with Crippen LogP contribution in [0.25, 0.3) is 0 Å². The van der Waals surface area contributed by atoms with Crippen molar-refractivity contribution in [3.63, 3.8) is 0 Å². The van der Waals surface area contributed by atoms with Crippen LogP contribution in [0.5, 0.6) is 0 Å². The van der Waals surface area contributed by atoms with E-state index in [1.54, 1.807) is 0 Å². The fourth-order valence-corrected chi connectivity index (χ4v) is 7.02. The van der Waals surface area contributed by atoms with E-state index in [1.807, 2.05) is 11.3 Å². The summed E-state index contributed by atoms with van der Waals surface area (Å²) < 4.78 is 0. The minimum Gasteiger partial charge on any atom is -0.312 e. The highest BCUT2D eigenvalue weighted by Gasteiger charge is 2.32. The lowest BCUT2D eigenvalue weighted by atomic mass is 10.1. The van der Waals surface area contributed by atoms with Crippen LogP contribution >= 0.6 is 34.9 Å². The molecule has 0 radical (unpaired) electrons. The average Bonchev–Trinajstić information content (AvgIpc) is 2.81. The molecule has 3 atom stereocenters. The normalized spacial score (nSPS) is 24.2. The van der Waals surface area contributed by atoms with Gasteiger partial charge < -0.3 is 5.32 Å². The lowest BCUT2D eigenvalue weighted by Gasteiger charge is -2.36. The number of aryl methyl sites for hydroxylation is 2. The Bertz CT molecular complexity index is 414. The number of aromatic nitrogens is 1. The minimum atomic E-state index is 0.567. The largest absolute Gasteiger partial charge is 0.312 e. The van der Waals surface area contributed by atoms with Crippen LogP contribution < -0.4 is 5.32 Å². The van der Waals surface area contributed by atoms with E-state index in [0.717, 1.165) is 23.5 Å². The van der Waals surface area contributed by atoms with E-state index in [9.17, 15) is 0 Å². The highest BCUT2D eigenvalue weighted by Crippen LogP contribution is 2.36. The molecule has 1 aromatic heterocycles. The third-order valence-corrected chi connectivity index (χ3v) is 8.52. The molecule has 120 valence electrons. The van der Waals surface area contributed by atoms with Gasteiger partial charge in [0.1, 0.15) is 0 Å². The number of nitrogens with one attached hydrogen (secondary N) is 1. The van der Waals surface area contributed by atoms with Crippen molar-refractivity contribution < 1.29 is 0 Å². The molecule has 0 bridgehead atoms. The predicted molar refractivity (Wildman–Crippen MR) is 100 cm³/mol. The van der Waals surface area contributed by atoms with Crippen LogP contribution in [0.1, 0.15) is 42.3 Å². The number of rotatable bonds is 7. The zero-order valence-electron chi connectivity index (χ0n) is 13.6. The molecule has 2 heterocycles. The highest BCUT2D eigenvalue weighted by molar-refractivity contribution is 8.07. The van der Waals surface area contributed by atoms with Crippen LogP contribution in [0.15, 0.2) is 0 Å². The molecule has 0 aliphatic carbocycles. The summed E-state index contributed by atoms with van der Waals surface area (Å²) in [6.07, 6.45) is 3.57. The van der Waals surface area contributed by atoms with Crippen molar-refractivity contribution in [1.29, 1.82) is 0 Å². The van der Waals surface area contributed by atoms with Crippen LogP contribution in [-0.4, -0.2) is 39.6 Å². The van der Waals surface area contributed by atoms with Gasteiger partial charge in [-0.3, -0.25) is 0 Å². The highest BCUT2D eigenvalue weighted by atomic mass is 32.2. The van der Waals surface area contributed by atoms with Gasteiger partial charge in [0.15, 0.2) is 0 Å². The van der Waals surface area contributed by atoms with Crippen molar-refractivity contribution in [3.05, 3.63) is 15.6 Å². The molecule has 2 rings (SSSR count). The quantitative estimate of drug-likeness (QED) is 0.797. The molecular weight excluding hydrogens is 316 g/mol. The monoisotopic (exact) mass is 344 g/mol. The molecular formula is C16H28N2S3. The van der Waals surface area contributed by atoms with E-state index in [0.29, 0.717) is 6.04 Å². The number of hydrogen-bond donors (Lipinski definition) is 1. The SMILES string of the molecule is CCCNC(Cc1nc(C)c(C)s1)C1SCCSC1CC. The molecule has 5 heteroatoms. The second-order valence-corrected chi connectivity index (χ2v) is 9.59. The summed E-state index contributed by atoms with van der Waals surface area (Å²) in [6.45, 7) is 10.0. The van der Waals surface area contributed by atoms with E-state index in [1.165, 1.54) is 39.9 Å². The van der Waals surface area contributed by atoms with Crippen molar-refractivity contribution >= 4 is 34.9 Å². The molecule has 1 N–H and O–H groups in total. The van der Waals surface area contributed by atoms with E-state index >= 15 is 0 Å².